The van der Waals surface area contributed by atoms with E-state index in [9.17, 15) is 22.8 Å². The van der Waals surface area contributed by atoms with E-state index in [1.807, 2.05) is 13.8 Å². The standard InChI is InChI=1S/C17H29N3O5S/c1-12(2)11-14(18-16(22)13-7-4-3-5-8-13)15(21)17(23)19-20-9-6-10-26(20,24)25/h12-14H,3-11H2,1-2H3,(H,18,22)(H,19,23). The van der Waals surface area contributed by atoms with Gasteiger partial charge in [0.1, 0.15) is 0 Å². The van der Waals surface area contributed by atoms with Crippen LogP contribution in [0.25, 0.3) is 0 Å². The fraction of sp³-hybridized carbons (Fsp3) is 0.824. The number of ketones is 1. The quantitative estimate of drug-likeness (QED) is 0.626. The van der Waals surface area contributed by atoms with E-state index >= 15 is 0 Å². The third-order valence-corrected chi connectivity index (χ3v) is 6.62. The van der Waals surface area contributed by atoms with Crippen molar-refractivity contribution in [2.24, 2.45) is 11.8 Å². The number of hydrazine groups is 1. The van der Waals surface area contributed by atoms with Gasteiger partial charge in [0.15, 0.2) is 0 Å². The first-order valence-corrected chi connectivity index (χ1v) is 11.0. The van der Waals surface area contributed by atoms with Crippen molar-refractivity contribution in [2.75, 3.05) is 12.3 Å². The highest BCUT2D eigenvalue weighted by molar-refractivity contribution is 7.89. The Labute approximate surface area is 155 Å². The van der Waals surface area contributed by atoms with Gasteiger partial charge in [0.05, 0.1) is 11.8 Å². The Morgan fingerprint density at radius 2 is 1.73 bits per heavy atom. The van der Waals surface area contributed by atoms with Crippen LogP contribution >= 0.6 is 0 Å². The summed E-state index contributed by atoms with van der Waals surface area (Å²) in [6.07, 6.45) is 5.44. The minimum atomic E-state index is -3.54. The van der Waals surface area contributed by atoms with Crippen LogP contribution in [0.3, 0.4) is 0 Å². The summed E-state index contributed by atoms with van der Waals surface area (Å²) in [7, 11) is -3.54. The summed E-state index contributed by atoms with van der Waals surface area (Å²) >= 11 is 0. The molecule has 0 spiro atoms. The lowest BCUT2D eigenvalue weighted by molar-refractivity contribution is -0.142. The van der Waals surface area contributed by atoms with Crippen molar-refractivity contribution in [3.63, 3.8) is 0 Å². The maximum atomic E-state index is 12.5. The molecule has 0 aromatic heterocycles. The van der Waals surface area contributed by atoms with Crippen molar-refractivity contribution in [1.82, 2.24) is 15.2 Å². The number of carbonyl (C=O) groups excluding carboxylic acids is 3. The number of nitrogens with one attached hydrogen (secondary N) is 2. The summed E-state index contributed by atoms with van der Waals surface area (Å²) in [5.41, 5.74) is 2.18. The lowest BCUT2D eigenvalue weighted by Crippen LogP contribution is -2.53. The molecule has 26 heavy (non-hydrogen) atoms. The number of sulfonamides is 1. The molecule has 1 saturated carbocycles. The first-order chi connectivity index (χ1) is 12.2. The zero-order valence-corrected chi connectivity index (χ0v) is 16.3. The van der Waals surface area contributed by atoms with E-state index in [4.69, 9.17) is 0 Å². The van der Waals surface area contributed by atoms with Crippen LogP contribution in [0.2, 0.25) is 0 Å². The van der Waals surface area contributed by atoms with Gasteiger partial charge in [-0.3, -0.25) is 19.8 Å². The summed E-state index contributed by atoms with van der Waals surface area (Å²) in [5.74, 6) is -2.05. The second kappa shape index (κ2) is 8.94. The Morgan fingerprint density at radius 3 is 2.27 bits per heavy atom. The smallest absolute Gasteiger partial charge is 0.304 e. The van der Waals surface area contributed by atoms with E-state index in [1.165, 1.54) is 0 Å². The van der Waals surface area contributed by atoms with Crippen LogP contribution in [-0.2, 0) is 24.4 Å². The molecule has 2 aliphatic rings. The number of hydrogen-bond acceptors (Lipinski definition) is 5. The number of rotatable bonds is 7. The molecule has 2 rings (SSSR count). The van der Waals surface area contributed by atoms with Crippen molar-refractivity contribution in [3.8, 4) is 0 Å². The molecule has 8 nitrogen and oxygen atoms in total. The molecule has 2 amide bonds. The number of nitrogens with zero attached hydrogens (tertiary/aromatic N) is 1. The molecule has 2 N–H and O–H groups in total. The molecule has 9 heteroatoms. The van der Waals surface area contributed by atoms with E-state index in [2.05, 4.69) is 10.7 Å². The average Bonchev–Trinajstić information content (AvgIpc) is 2.92. The summed E-state index contributed by atoms with van der Waals surface area (Å²) in [4.78, 5) is 37.3. The maximum Gasteiger partial charge on any atom is 0.304 e. The van der Waals surface area contributed by atoms with E-state index in [0.717, 1.165) is 36.5 Å². The molecule has 1 aliphatic carbocycles. The van der Waals surface area contributed by atoms with Crippen LogP contribution in [0.5, 0.6) is 0 Å². The normalized spacial score (nSPS) is 22.1. The Balaban J connectivity index is 2.01. The van der Waals surface area contributed by atoms with Crippen molar-refractivity contribution in [3.05, 3.63) is 0 Å². The van der Waals surface area contributed by atoms with Crippen molar-refractivity contribution >= 4 is 27.6 Å². The minimum absolute atomic E-state index is 0.0463. The fourth-order valence-electron chi connectivity index (χ4n) is 3.45. The van der Waals surface area contributed by atoms with Gasteiger partial charge in [0, 0.05) is 12.5 Å². The molecule has 1 unspecified atom stereocenters. The summed E-state index contributed by atoms with van der Waals surface area (Å²) in [6.45, 7) is 3.95. The summed E-state index contributed by atoms with van der Waals surface area (Å²) < 4.78 is 24.4. The van der Waals surface area contributed by atoms with Gasteiger partial charge >= 0.3 is 5.91 Å². The highest BCUT2D eigenvalue weighted by atomic mass is 32.2. The second-order valence-electron chi connectivity index (χ2n) is 7.57. The molecular weight excluding hydrogens is 358 g/mol. The third-order valence-electron chi connectivity index (χ3n) is 4.87. The lowest BCUT2D eigenvalue weighted by Gasteiger charge is -2.25. The van der Waals surface area contributed by atoms with Gasteiger partial charge in [-0.15, -0.1) is 4.41 Å². The molecule has 0 radical (unpaired) electrons. The van der Waals surface area contributed by atoms with E-state index in [1.54, 1.807) is 0 Å². The lowest BCUT2D eigenvalue weighted by atomic mass is 9.88. The summed E-state index contributed by atoms with van der Waals surface area (Å²) in [5, 5.41) is 2.73. The Hall–Kier alpha value is -1.48. The molecule has 0 aromatic carbocycles. The Kier molecular flexibility index (Phi) is 7.16. The largest absolute Gasteiger partial charge is 0.345 e. The van der Waals surface area contributed by atoms with Crippen LogP contribution in [0, 0.1) is 11.8 Å². The van der Waals surface area contributed by atoms with Crippen LogP contribution in [0.15, 0.2) is 0 Å². The van der Waals surface area contributed by atoms with Gasteiger partial charge in [0.25, 0.3) is 0 Å². The van der Waals surface area contributed by atoms with Crippen molar-refractivity contribution in [2.45, 2.75) is 64.8 Å². The molecule has 0 aromatic rings. The van der Waals surface area contributed by atoms with Gasteiger partial charge in [0.2, 0.25) is 21.7 Å². The molecule has 148 valence electrons. The summed E-state index contributed by atoms with van der Waals surface area (Å²) in [6, 6.07) is -0.935. The molecular formula is C17H29N3O5S. The van der Waals surface area contributed by atoms with Crippen molar-refractivity contribution < 1.29 is 22.8 Å². The molecule has 1 atom stereocenters. The topological polar surface area (TPSA) is 113 Å². The highest BCUT2D eigenvalue weighted by Crippen LogP contribution is 2.24. The van der Waals surface area contributed by atoms with Gasteiger partial charge in [-0.25, -0.2) is 8.42 Å². The van der Waals surface area contributed by atoms with Gasteiger partial charge < -0.3 is 5.32 Å². The molecule has 1 heterocycles. The molecule has 1 aliphatic heterocycles. The van der Waals surface area contributed by atoms with Gasteiger partial charge in [-0.05, 0) is 31.6 Å². The predicted octanol–water partition coefficient (Wildman–Crippen LogP) is 0.733. The first-order valence-electron chi connectivity index (χ1n) is 9.36. The van der Waals surface area contributed by atoms with E-state index in [-0.39, 0.29) is 30.0 Å². The van der Waals surface area contributed by atoms with Crippen LogP contribution in [0.1, 0.15) is 58.8 Å². The van der Waals surface area contributed by atoms with Crippen LogP contribution < -0.4 is 10.7 Å². The third kappa shape index (κ3) is 5.51. The first kappa shape index (κ1) is 20.8. The number of carbonyl (C=O) groups is 3. The zero-order chi connectivity index (χ0) is 19.3. The number of hydrogen-bond donors (Lipinski definition) is 2. The second-order valence-corrected chi connectivity index (χ2v) is 9.59. The van der Waals surface area contributed by atoms with Gasteiger partial charge in [-0.1, -0.05) is 33.1 Å². The van der Waals surface area contributed by atoms with E-state index < -0.39 is 27.8 Å². The monoisotopic (exact) mass is 387 g/mol. The fourth-order valence-corrected chi connectivity index (χ4v) is 4.79. The minimum Gasteiger partial charge on any atom is -0.345 e. The van der Waals surface area contributed by atoms with Crippen LogP contribution in [0.4, 0.5) is 0 Å². The molecule has 1 saturated heterocycles. The molecule has 0 bridgehead atoms. The zero-order valence-electron chi connectivity index (χ0n) is 15.5. The number of Topliss-reactive ketones (excluding diaryl/α,β-unsaturated/α-hetero) is 1. The average molecular weight is 388 g/mol. The van der Waals surface area contributed by atoms with Crippen molar-refractivity contribution in [1.29, 1.82) is 0 Å². The van der Waals surface area contributed by atoms with E-state index in [0.29, 0.717) is 12.8 Å². The SMILES string of the molecule is CC(C)CC(NC(=O)C1CCCCC1)C(=O)C(=O)NN1CCCS1(=O)=O. The predicted molar refractivity (Wildman–Crippen MR) is 96.2 cm³/mol. The maximum absolute atomic E-state index is 12.5. The van der Waals surface area contributed by atoms with Crippen LogP contribution in [-0.4, -0.2) is 48.8 Å². The number of amides is 2. The highest BCUT2D eigenvalue weighted by Gasteiger charge is 2.35. The Bertz CT molecular complexity index is 641. The molecule has 2 fully saturated rings. The van der Waals surface area contributed by atoms with Gasteiger partial charge in [-0.2, -0.15) is 0 Å². The Morgan fingerprint density at radius 1 is 1.08 bits per heavy atom.